The molecule has 1 aromatic heterocycles. The van der Waals surface area contributed by atoms with E-state index < -0.39 is 29.5 Å². The fraction of sp³-hybridized carbons (Fsp3) is 0.143. The second kappa shape index (κ2) is 6.48. The number of anilines is 1. The summed E-state index contributed by atoms with van der Waals surface area (Å²) in [5.74, 6) is -1.42. The summed E-state index contributed by atoms with van der Waals surface area (Å²) in [6.45, 7) is 0.0882. The van der Waals surface area contributed by atoms with Gasteiger partial charge < -0.3 is 14.4 Å². The molecule has 0 saturated heterocycles. The zero-order valence-corrected chi connectivity index (χ0v) is 14.3. The summed E-state index contributed by atoms with van der Waals surface area (Å²) < 4.78 is 18.6. The van der Waals surface area contributed by atoms with E-state index in [0.717, 1.165) is 0 Å². The van der Waals surface area contributed by atoms with Crippen LogP contribution in [-0.4, -0.2) is 16.8 Å². The third kappa shape index (κ3) is 2.94. The van der Waals surface area contributed by atoms with Gasteiger partial charge in [-0.15, -0.1) is 0 Å². The number of hydrogen-bond acceptors (Lipinski definition) is 4. The van der Waals surface area contributed by atoms with E-state index >= 15 is 0 Å². The number of aliphatic hydroxyl groups is 1. The highest BCUT2D eigenvalue weighted by Gasteiger charge is 2.51. The van der Waals surface area contributed by atoms with Crippen LogP contribution in [0.1, 0.15) is 28.1 Å². The predicted molar refractivity (Wildman–Crippen MR) is 95.6 cm³/mol. The third-order valence-electron chi connectivity index (χ3n) is 4.68. The van der Waals surface area contributed by atoms with Crippen molar-refractivity contribution in [3.8, 4) is 0 Å². The molecule has 3 aromatic rings. The Labute approximate surface area is 154 Å². The Kier molecular flexibility index (Phi) is 4.12. The molecule has 4 rings (SSSR count). The third-order valence-corrected chi connectivity index (χ3v) is 4.68. The molecule has 1 aliphatic heterocycles. The molecule has 0 spiro atoms. The summed E-state index contributed by atoms with van der Waals surface area (Å²) in [7, 11) is 0. The van der Waals surface area contributed by atoms with Gasteiger partial charge >= 0.3 is 0 Å². The number of halogens is 1. The van der Waals surface area contributed by atoms with Crippen LogP contribution in [0.15, 0.2) is 71.3 Å². The Morgan fingerprint density at radius 1 is 1.11 bits per heavy atom. The largest absolute Gasteiger partial charge is 0.461 e. The number of rotatable bonds is 5. The lowest BCUT2D eigenvalue weighted by Gasteiger charge is -2.22. The molecule has 0 unspecified atom stereocenters. The van der Waals surface area contributed by atoms with Crippen molar-refractivity contribution in [1.29, 1.82) is 0 Å². The number of carbonyl (C=O) groups is 2. The minimum absolute atomic E-state index is 0.0808. The second-order valence-corrected chi connectivity index (χ2v) is 6.48. The van der Waals surface area contributed by atoms with Gasteiger partial charge in [0.15, 0.2) is 11.4 Å². The molecule has 0 aliphatic carbocycles. The Bertz CT molecular complexity index is 1010. The van der Waals surface area contributed by atoms with E-state index in [-0.39, 0.29) is 12.3 Å². The average molecular weight is 365 g/mol. The number of nitrogens with zero attached hydrogens (tertiary/aromatic N) is 1. The first kappa shape index (κ1) is 17.2. The van der Waals surface area contributed by atoms with E-state index in [2.05, 4.69) is 0 Å². The van der Waals surface area contributed by atoms with Gasteiger partial charge in [-0.1, -0.05) is 30.3 Å². The van der Waals surface area contributed by atoms with Gasteiger partial charge in [0.05, 0.1) is 24.9 Å². The lowest BCUT2D eigenvalue weighted by molar-refractivity contribution is -0.136. The van der Waals surface area contributed by atoms with Crippen LogP contribution in [-0.2, 0) is 16.9 Å². The van der Waals surface area contributed by atoms with Gasteiger partial charge in [0.25, 0.3) is 5.91 Å². The first-order chi connectivity index (χ1) is 13.0. The molecular formula is C21H16FNO4. The Morgan fingerprint density at radius 3 is 2.67 bits per heavy atom. The molecule has 0 radical (unpaired) electrons. The van der Waals surface area contributed by atoms with Gasteiger partial charge in [0.2, 0.25) is 5.78 Å². The number of amides is 1. The van der Waals surface area contributed by atoms with Crippen molar-refractivity contribution < 1.29 is 23.5 Å². The summed E-state index contributed by atoms with van der Waals surface area (Å²) in [5.41, 5.74) is -0.555. The van der Waals surface area contributed by atoms with E-state index in [9.17, 15) is 19.1 Å². The zero-order valence-electron chi connectivity index (χ0n) is 14.3. The van der Waals surface area contributed by atoms with Crippen molar-refractivity contribution >= 4 is 17.4 Å². The van der Waals surface area contributed by atoms with Crippen molar-refractivity contribution in [2.45, 2.75) is 18.6 Å². The molecule has 1 aliphatic rings. The first-order valence-electron chi connectivity index (χ1n) is 8.44. The first-order valence-corrected chi connectivity index (χ1v) is 8.44. The lowest BCUT2D eigenvalue weighted by Crippen LogP contribution is -2.41. The minimum Gasteiger partial charge on any atom is -0.461 e. The van der Waals surface area contributed by atoms with Crippen LogP contribution in [0.5, 0.6) is 0 Å². The van der Waals surface area contributed by atoms with Gasteiger partial charge in [-0.05, 0) is 35.9 Å². The number of hydrogen-bond donors (Lipinski definition) is 1. The highest BCUT2D eigenvalue weighted by Crippen LogP contribution is 2.43. The number of ketones is 1. The van der Waals surface area contributed by atoms with Crippen molar-refractivity contribution in [3.05, 3.63) is 89.6 Å². The van der Waals surface area contributed by atoms with Crippen molar-refractivity contribution in [3.63, 3.8) is 0 Å². The average Bonchev–Trinajstić information content (AvgIpc) is 3.26. The zero-order chi connectivity index (χ0) is 19.0. The van der Waals surface area contributed by atoms with Gasteiger partial charge in [-0.3, -0.25) is 9.59 Å². The highest BCUT2D eigenvalue weighted by molar-refractivity contribution is 6.10. The summed E-state index contributed by atoms with van der Waals surface area (Å²) in [5, 5.41) is 11.2. The maximum Gasteiger partial charge on any atom is 0.264 e. The molecule has 0 saturated carbocycles. The molecule has 0 bridgehead atoms. The topological polar surface area (TPSA) is 70.8 Å². The second-order valence-electron chi connectivity index (χ2n) is 6.48. The Morgan fingerprint density at radius 2 is 1.93 bits per heavy atom. The van der Waals surface area contributed by atoms with Crippen molar-refractivity contribution in [2.75, 3.05) is 4.90 Å². The molecular weight excluding hydrogens is 349 g/mol. The van der Waals surface area contributed by atoms with Gasteiger partial charge in [-0.2, -0.15) is 0 Å². The molecule has 5 nitrogen and oxygen atoms in total. The minimum atomic E-state index is -1.99. The Balaban J connectivity index is 1.69. The summed E-state index contributed by atoms with van der Waals surface area (Å²) >= 11 is 0. The SMILES string of the molecule is O=C(C[C@@]1(O)C(=O)N(Cc2cccc(F)c2)c2ccccc21)c1ccco1. The van der Waals surface area contributed by atoms with Crippen LogP contribution in [0.2, 0.25) is 0 Å². The van der Waals surface area contributed by atoms with E-state index in [1.54, 1.807) is 42.5 Å². The molecule has 1 N–H and O–H groups in total. The number of furan rings is 1. The van der Waals surface area contributed by atoms with Crippen LogP contribution in [0.25, 0.3) is 0 Å². The monoisotopic (exact) mass is 365 g/mol. The van der Waals surface area contributed by atoms with E-state index in [0.29, 0.717) is 16.8 Å². The molecule has 6 heteroatoms. The normalized spacial score (nSPS) is 18.6. The molecule has 2 heterocycles. The van der Waals surface area contributed by atoms with Crippen LogP contribution in [0, 0.1) is 5.82 Å². The lowest BCUT2D eigenvalue weighted by atomic mass is 9.89. The molecule has 2 aromatic carbocycles. The smallest absolute Gasteiger partial charge is 0.264 e. The number of benzene rings is 2. The van der Waals surface area contributed by atoms with E-state index in [1.807, 2.05) is 0 Å². The van der Waals surface area contributed by atoms with Crippen LogP contribution in [0.3, 0.4) is 0 Å². The molecule has 1 atom stereocenters. The van der Waals surface area contributed by atoms with Crippen molar-refractivity contribution in [1.82, 2.24) is 0 Å². The fourth-order valence-electron chi connectivity index (χ4n) is 3.41. The van der Waals surface area contributed by atoms with Crippen molar-refractivity contribution in [2.24, 2.45) is 0 Å². The number of carbonyl (C=O) groups excluding carboxylic acids is 2. The maximum atomic E-state index is 13.5. The van der Waals surface area contributed by atoms with Gasteiger partial charge in [0.1, 0.15) is 5.82 Å². The number of fused-ring (bicyclic) bond motifs is 1. The number of Topliss-reactive ketones (excluding diaryl/α,β-unsaturated/α-hetero) is 1. The molecule has 136 valence electrons. The standard InChI is InChI=1S/C21H16FNO4/c22-15-6-3-5-14(11-15)13-23-17-8-2-1-7-16(17)21(26,20(23)25)12-18(24)19-9-4-10-27-19/h1-11,26H,12-13H2/t21-/m0/s1. The fourth-order valence-corrected chi connectivity index (χ4v) is 3.41. The highest BCUT2D eigenvalue weighted by atomic mass is 19.1. The molecule has 1 amide bonds. The predicted octanol–water partition coefficient (Wildman–Crippen LogP) is 3.43. The van der Waals surface area contributed by atoms with Crippen LogP contribution < -0.4 is 4.90 Å². The number of para-hydroxylation sites is 1. The van der Waals surface area contributed by atoms with E-state index in [4.69, 9.17) is 4.42 Å². The van der Waals surface area contributed by atoms with Gasteiger partial charge in [-0.25, -0.2) is 4.39 Å². The summed E-state index contributed by atoms with van der Waals surface area (Å²) in [6, 6.07) is 15.7. The maximum absolute atomic E-state index is 13.5. The van der Waals surface area contributed by atoms with Crippen LogP contribution >= 0.6 is 0 Å². The summed E-state index contributed by atoms with van der Waals surface area (Å²) in [4.78, 5) is 26.9. The summed E-state index contributed by atoms with van der Waals surface area (Å²) in [6.07, 6.45) is 0.925. The molecule has 0 fully saturated rings. The van der Waals surface area contributed by atoms with Gasteiger partial charge in [0, 0.05) is 5.56 Å². The van der Waals surface area contributed by atoms with Crippen LogP contribution in [0.4, 0.5) is 10.1 Å². The van der Waals surface area contributed by atoms with E-state index in [1.165, 1.54) is 29.4 Å². The Hall–Kier alpha value is -3.25. The quantitative estimate of drug-likeness (QED) is 0.704. The molecule has 27 heavy (non-hydrogen) atoms.